The van der Waals surface area contributed by atoms with Crippen molar-refractivity contribution in [3.63, 3.8) is 0 Å². The number of benzene rings is 1. The molecule has 3 heterocycles. The monoisotopic (exact) mass is 378 g/mol. The molecule has 1 aliphatic rings. The summed E-state index contributed by atoms with van der Waals surface area (Å²) < 4.78 is 4.99. The maximum atomic E-state index is 12.3. The third-order valence-corrected chi connectivity index (χ3v) is 5.38. The third-order valence-electron chi connectivity index (χ3n) is 4.59. The van der Waals surface area contributed by atoms with Gasteiger partial charge in [0.05, 0.1) is 27.2 Å². The number of hydrogen-bond acceptors (Lipinski definition) is 4. The Balaban J connectivity index is 1.99. The van der Waals surface area contributed by atoms with Crippen molar-refractivity contribution in [2.75, 3.05) is 11.9 Å². The number of anilines is 2. The molecule has 0 saturated heterocycles. The number of carbonyl (C=O) groups is 1. The van der Waals surface area contributed by atoms with E-state index in [4.69, 9.17) is 27.7 Å². The van der Waals surface area contributed by atoms with E-state index in [2.05, 4.69) is 20.8 Å². The zero-order chi connectivity index (χ0) is 17.7. The minimum Gasteiger partial charge on any atom is -0.362 e. The van der Waals surface area contributed by atoms with Crippen molar-refractivity contribution in [2.24, 2.45) is 0 Å². The number of H-pyrrole nitrogens is 1. The standard InChI is InChI=1S/C17H16Cl2N4O2/c1-7-6-25-23-16(7)22-11-5-9(18)14(19)15-13(11)12-8(2)17(24)20-4-3-10(12)21-15/h5-6,8,21H,3-4H2,1-2H3,(H,20,24)(H,22,23). The van der Waals surface area contributed by atoms with Gasteiger partial charge in [-0.25, -0.2) is 0 Å². The average Bonchev–Trinajstić information content (AvgIpc) is 3.12. The molecule has 0 radical (unpaired) electrons. The lowest BCUT2D eigenvalue weighted by molar-refractivity contribution is -0.121. The summed E-state index contributed by atoms with van der Waals surface area (Å²) in [7, 11) is 0. The van der Waals surface area contributed by atoms with Crippen LogP contribution in [0.4, 0.5) is 11.5 Å². The first-order chi connectivity index (χ1) is 12.0. The van der Waals surface area contributed by atoms with Gasteiger partial charge in [0.1, 0.15) is 6.26 Å². The zero-order valence-electron chi connectivity index (χ0n) is 13.7. The molecule has 1 aliphatic heterocycles. The summed E-state index contributed by atoms with van der Waals surface area (Å²) in [5.74, 6) is 0.289. The second-order valence-corrected chi connectivity index (χ2v) is 7.01. The molecule has 6 nitrogen and oxygen atoms in total. The Kier molecular flexibility index (Phi) is 3.89. The van der Waals surface area contributed by atoms with Crippen LogP contribution in [-0.2, 0) is 11.2 Å². The van der Waals surface area contributed by atoms with Crippen molar-refractivity contribution in [2.45, 2.75) is 26.2 Å². The van der Waals surface area contributed by atoms with Crippen LogP contribution in [0.2, 0.25) is 10.0 Å². The van der Waals surface area contributed by atoms with Crippen LogP contribution in [0.1, 0.15) is 29.7 Å². The first-order valence-electron chi connectivity index (χ1n) is 7.95. The van der Waals surface area contributed by atoms with E-state index in [0.717, 1.165) is 33.4 Å². The van der Waals surface area contributed by atoms with E-state index in [9.17, 15) is 4.79 Å². The van der Waals surface area contributed by atoms with Crippen molar-refractivity contribution in [3.05, 3.63) is 39.2 Å². The molecule has 3 N–H and O–H groups in total. The van der Waals surface area contributed by atoms with Gasteiger partial charge in [-0.2, -0.15) is 0 Å². The van der Waals surface area contributed by atoms with E-state index in [1.165, 1.54) is 0 Å². The Labute approximate surface area is 153 Å². The van der Waals surface area contributed by atoms with Crippen LogP contribution in [0.5, 0.6) is 0 Å². The zero-order valence-corrected chi connectivity index (χ0v) is 15.2. The van der Waals surface area contributed by atoms with Crippen LogP contribution in [0.15, 0.2) is 16.9 Å². The summed E-state index contributed by atoms with van der Waals surface area (Å²) in [6, 6.07) is 1.75. The number of halogens is 2. The lowest BCUT2D eigenvalue weighted by Crippen LogP contribution is -2.26. The van der Waals surface area contributed by atoms with E-state index in [1.54, 1.807) is 12.3 Å². The molecule has 1 atom stereocenters. The number of nitrogens with zero attached hydrogens (tertiary/aromatic N) is 1. The fourth-order valence-corrected chi connectivity index (χ4v) is 3.70. The summed E-state index contributed by atoms with van der Waals surface area (Å²) >= 11 is 12.7. The summed E-state index contributed by atoms with van der Waals surface area (Å²) in [4.78, 5) is 15.7. The first-order valence-corrected chi connectivity index (χ1v) is 8.71. The Morgan fingerprint density at radius 2 is 2.20 bits per heavy atom. The minimum atomic E-state index is -0.303. The molecule has 0 fully saturated rings. The van der Waals surface area contributed by atoms with E-state index in [1.807, 2.05) is 13.8 Å². The summed E-state index contributed by atoms with van der Waals surface area (Å²) in [5.41, 5.74) is 4.26. The highest BCUT2D eigenvalue weighted by Gasteiger charge is 2.28. The number of aromatic nitrogens is 2. The fraction of sp³-hybridized carbons (Fsp3) is 0.294. The van der Waals surface area contributed by atoms with Gasteiger partial charge in [0.15, 0.2) is 5.82 Å². The van der Waals surface area contributed by atoms with E-state index >= 15 is 0 Å². The lowest BCUT2D eigenvalue weighted by atomic mass is 9.96. The Morgan fingerprint density at radius 1 is 1.40 bits per heavy atom. The summed E-state index contributed by atoms with van der Waals surface area (Å²) in [6.07, 6.45) is 2.27. The van der Waals surface area contributed by atoms with Gasteiger partial charge in [-0.1, -0.05) is 28.4 Å². The predicted molar refractivity (Wildman–Crippen MR) is 98.0 cm³/mol. The quantitative estimate of drug-likeness (QED) is 0.620. The van der Waals surface area contributed by atoms with Crippen LogP contribution < -0.4 is 10.6 Å². The lowest BCUT2D eigenvalue weighted by Gasteiger charge is -2.13. The second kappa shape index (κ2) is 5.97. The molecule has 8 heteroatoms. The smallest absolute Gasteiger partial charge is 0.227 e. The Morgan fingerprint density at radius 3 is 2.92 bits per heavy atom. The minimum absolute atomic E-state index is 0.00529. The van der Waals surface area contributed by atoms with Crippen LogP contribution >= 0.6 is 23.2 Å². The van der Waals surface area contributed by atoms with Gasteiger partial charge in [-0.05, 0) is 25.5 Å². The van der Waals surface area contributed by atoms with Crippen molar-refractivity contribution < 1.29 is 9.32 Å². The number of hydrogen-bond donors (Lipinski definition) is 3. The molecule has 0 saturated carbocycles. The molecule has 0 aliphatic carbocycles. The molecule has 25 heavy (non-hydrogen) atoms. The molecule has 2 aromatic heterocycles. The largest absolute Gasteiger partial charge is 0.362 e. The number of aryl methyl sites for hydroxylation is 1. The van der Waals surface area contributed by atoms with Crippen molar-refractivity contribution in [1.29, 1.82) is 0 Å². The summed E-state index contributed by atoms with van der Waals surface area (Å²) in [5, 5.41) is 11.9. The van der Waals surface area contributed by atoms with E-state index in [0.29, 0.717) is 28.8 Å². The van der Waals surface area contributed by atoms with E-state index in [-0.39, 0.29) is 11.8 Å². The van der Waals surface area contributed by atoms with E-state index < -0.39 is 0 Å². The van der Waals surface area contributed by atoms with Gasteiger partial charge in [-0.3, -0.25) is 4.79 Å². The van der Waals surface area contributed by atoms with Crippen LogP contribution in [0.25, 0.3) is 10.9 Å². The molecule has 1 aromatic carbocycles. The maximum absolute atomic E-state index is 12.3. The van der Waals surface area contributed by atoms with Gasteiger partial charge in [0.25, 0.3) is 0 Å². The molecule has 130 valence electrons. The van der Waals surface area contributed by atoms with Crippen molar-refractivity contribution in [1.82, 2.24) is 15.5 Å². The van der Waals surface area contributed by atoms with Gasteiger partial charge in [0.2, 0.25) is 5.91 Å². The van der Waals surface area contributed by atoms with Gasteiger partial charge < -0.3 is 20.1 Å². The molecule has 4 rings (SSSR count). The highest BCUT2D eigenvalue weighted by atomic mass is 35.5. The first kappa shape index (κ1) is 16.3. The number of rotatable bonds is 2. The number of fused-ring (bicyclic) bond motifs is 3. The molecule has 0 spiro atoms. The highest BCUT2D eigenvalue weighted by Crippen LogP contribution is 2.43. The van der Waals surface area contributed by atoms with Crippen LogP contribution in [-0.4, -0.2) is 22.6 Å². The van der Waals surface area contributed by atoms with Crippen LogP contribution in [0.3, 0.4) is 0 Å². The molecular weight excluding hydrogens is 363 g/mol. The molecule has 0 bridgehead atoms. The fourth-order valence-electron chi connectivity index (χ4n) is 3.30. The topological polar surface area (TPSA) is 83.0 Å². The normalized spacial score (nSPS) is 17.3. The number of amides is 1. The molecule has 3 aromatic rings. The third kappa shape index (κ3) is 2.56. The number of nitrogens with one attached hydrogen (secondary N) is 3. The second-order valence-electron chi connectivity index (χ2n) is 6.22. The van der Waals surface area contributed by atoms with Gasteiger partial charge in [0, 0.05) is 29.6 Å². The average molecular weight is 379 g/mol. The SMILES string of the molecule is Cc1conc1Nc1cc(Cl)c(Cl)c2[nH]c3c(c12)C(C)C(=O)NCC3. The van der Waals surface area contributed by atoms with Crippen molar-refractivity contribution in [3.8, 4) is 0 Å². The van der Waals surface area contributed by atoms with Gasteiger partial charge in [-0.15, -0.1) is 0 Å². The number of aromatic amines is 1. The Hall–Kier alpha value is -2.18. The highest BCUT2D eigenvalue weighted by molar-refractivity contribution is 6.45. The van der Waals surface area contributed by atoms with Gasteiger partial charge >= 0.3 is 0 Å². The summed E-state index contributed by atoms with van der Waals surface area (Å²) in [6.45, 7) is 4.36. The molecule has 1 unspecified atom stereocenters. The maximum Gasteiger partial charge on any atom is 0.227 e. The molecule has 1 amide bonds. The molecular formula is C17H16Cl2N4O2. The predicted octanol–water partition coefficient (Wildman–Crippen LogP) is 4.29. The van der Waals surface area contributed by atoms with Crippen LogP contribution in [0, 0.1) is 6.92 Å². The Bertz CT molecular complexity index is 992. The number of carbonyl (C=O) groups excluding carboxylic acids is 1. The van der Waals surface area contributed by atoms with Crippen molar-refractivity contribution >= 4 is 51.5 Å².